The molecule has 1 N–H and O–H groups in total. The summed E-state index contributed by atoms with van der Waals surface area (Å²) >= 11 is 0. The highest BCUT2D eigenvalue weighted by atomic mass is 19.3. The molecule has 0 saturated heterocycles. The first-order valence-corrected chi connectivity index (χ1v) is 10.2. The Morgan fingerprint density at radius 1 is 1.03 bits per heavy atom. The van der Waals surface area contributed by atoms with E-state index in [9.17, 15) is 23.1 Å². The van der Waals surface area contributed by atoms with Crippen molar-refractivity contribution in [2.75, 3.05) is 0 Å². The minimum atomic E-state index is -2.91. The predicted molar refractivity (Wildman–Crippen MR) is 111 cm³/mol. The lowest BCUT2D eigenvalue weighted by Gasteiger charge is -2.31. The number of benzene rings is 1. The SMILES string of the molecule is O=C1c2cc(-c3nnc(C(F)F)o3)ccc2CN1C(c1ccccn1)C(O)c1cccc(F)n1. The second-order valence-corrected chi connectivity index (χ2v) is 7.58. The highest BCUT2D eigenvalue weighted by molar-refractivity contribution is 5.99. The quantitative estimate of drug-likeness (QED) is 0.427. The van der Waals surface area contributed by atoms with Gasteiger partial charge in [0, 0.05) is 23.9 Å². The lowest BCUT2D eigenvalue weighted by Crippen LogP contribution is -2.34. The fourth-order valence-electron chi connectivity index (χ4n) is 3.91. The number of alkyl halides is 2. The summed E-state index contributed by atoms with van der Waals surface area (Å²) in [7, 11) is 0. The number of carbonyl (C=O) groups is 1. The summed E-state index contributed by atoms with van der Waals surface area (Å²) in [5.74, 6) is -2.16. The van der Waals surface area contributed by atoms with Crippen LogP contribution in [0, 0.1) is 5.95 Å². The van der Waals surface area contributed by atoms with Crippen LogP contribution in [-0.4, -0.2) is 36.1 Å². The van der Waals surface area contributed by atoms with Gasteiger partial charge in [0.25, 0.3) is 11.8 Å². The number of fused-ring (bicyclic) bond motifs is 1. The van der Waals surface area contributed by atoms with Crippen LogP contribution >= 0.6 is 0 Å². The number of amides is 1. The Bertz CT molecular complexity index is 1350. The normalized spacial score (nSPS) is 15.0. The van der Waals surface area contributed by atoms with Gasteiger partial charge in [0.2, 0.25) is 11.8 Å². The molecule has 11 heteroatoms. The highest BCUT2D eigenvalue weighted by Gasteiger charge is 2.39. The van der Waals surface area contributed by atoms with Gasteiger partial charge in [-0.1, -0.05) is 18.2 Å². The van der Waals surface area contributed by atoms with Crippen molar-refractivity contribution in [2.45, 2.75) is 25.1 Å². The van der Waals surface area contributed by atoms with Crippen molar-refractivity contribution in [3.63, 3.8) is 0 Å². The molecule has 0 fully saturated rings. The van der Waals surface area contributed by atoms with Crippen LogP contribution in [0.1, 0.15) is 51.8 Å². The molecule has 34 heavy (non-hydrogen) atoms. The van der Waals surface area contributed by atoms with Gasteiger partial charge >= 0.3 is 6.43 Å². The molecule has 3 aromatic heterocycles. The van der Waals surface area contributed by atoms with Crippen molar-refractivity contribution < 1.29 is 27.5 Å². The molecule has 1 amide bonds. The molecule has 172 valence electrons. The number of aliphatic hydroxyl groups excluding tert-OH is 1. The van der Waals surface area contributed by atoms with Gasteiger partial charge in [0.15, 0.2) is 0 Å². The maximum atomic E-state index is 13.7. The molecule has 4 aromatic rings. The third-order valence-corrected chi connectivity index (χ3v) is 5.48. The minimum absolute atomic E-state index is 0.0467. The third kappa shape index (κ3) is 3.90. The predicted octanol–water partition coefficient (Wildman–Crippen LogP) is 4.03. The van der Waals surface area contributed by atoms with E-state index in [1.807, 2.05) is 0 Å². The van der Waals surface area contributed by atoms with E-state index in [-0.39, 0.29) is 23.7 Å². The number of nitrogens with zero attached hydrogens (tertiary/aromatic N) is 5. The molecule has 1 aliphatic heterocycles. The molecule has 0 saturated carbocycles. The monoisotopic (exact) mass is 467 g/mol. The largest absolute Gasteiger partial charge is 0.415 e. The number of aromatic nitrogens is 4. The number of hydrogen-bond acceptors (Lipinski definition) is 7. The Kier molecular flexibility index (Phi) is 5.54. The van der Waals surface area contributed by atoms with E-state index < -0.39 is 36.3 Å². The number of hydrogen-bond donors (Lipinski definition) is 1. The van der Waals surface area contributed by atoms with Crippen LogP contribution in [0.4, 0.5) is 13.2 Å². The first kappa shape index (κ1) is 21.7. The van der Waals surface area contributed by atoms with Crippen molar-refractivity contribution in [1.82, 2.24) is 25.1 Å². The van der Waals surface area contributed by atoms with Crippen molar-refractivity contribution in [3.8, 4) is 11.5 Å². The molecule has 0 radical (unpaired) electrons. The summed E-state index contributed by atoms with van der Waals surface area (Å²) < 4.78 is 44.3. The molecule has 0 aliphatic carbocycles. The minimum Gasteiger partial charge on any atom is -0.415 e. The second-order valence-electron chi connectivity index (χ2n) is 7.58. The smallest absolute Gasteiger partial charge is 0.314 e. The summed E-state index contributed by atoms with van der Waals surface area (Å²) in [6.45, 7) is 0.133. The van der Waals surface area contributed by atoms with Gasteiger partial charge in [-0.2, -0.15) is 13.2 Å². The van der Waals surface area contributed by atoms with Gasteiger partial charge in [-0.25, -0.2) is 4.98 Å². The summed E-state index contributed by atoms with van der Waals surface area (Å²) in [5, 5.41) is 18.1. The molecule has 1 aliphatic rings. The maximum Gasteiger partial charge on any atom is 0.314 e. The Morgan fingerprint density at radius 2 is 1.85 bits per heavy atom. The zero-order valence-corrected chi connectivity index (χ0v) is 17.3. The number of rotatable bonds is 6. The number of halogens is 3. The molecule has 2 atom stereocenters. The van der Waals surface area contributed by atoms with E-state index in [0.29, 0.717) is 16.8 Å². The van der Waals surface area contributed by atoms with Crippen LogP contribution in [0.3, 0.4) is 0 Å². The second kappa shape index (κ2) is 8.67. The standard InChI is InChI=1S/C23H16F3N5O3/c24-17-6-3-5-16(28-17)19(32)18(15-4-1-2-9-27-15)31-11-13-8-7-12(10-14(13)23(31)33)21-29-30-22(34-21)20(25)26/h1-10,18-20,32H,11H2. The zero-order valence-electron chi connectivity index (χ0n) is 17.3. The topological polar surface area (TPSA) is 105 Å². The summed E-state index contributed by atoms with van der Waals surface area (Å²) in [4.78, 5) is 22.9. The van der Waals surface area contributed by atoms with Crippen LogP contribution in [0.25, 0.3) is 11.5 Å². The van der Waals surface area contributed by atoms with Crippen molar-refractivity contribution in [1.29, 1.82) is 0 Å². The fraction of sp³-hybridized carbons (Fsp3) is 0.174. The van der Waals surface area contributed by atoms with E-state index in [2.05, 4.69) is 20.2 Å². The van der Waals surface area contributed by atoms with Crippen LogP contribution < -0.4 is 0 Å². The van der Waals surface area contributed by atoms with Gasteiger partial charge in [-0.3, -0.25) is 9.78 Å². The van der Waals surface area contributed by atoms with Crippen LogP contribution in [-0.2, 0) is 6.54 Å². The van der Waals surface area contributed by atoms with Crippen molar-refractivity contribution in [2.24, 2.45) is 0 Å². The molecular weight excluding hydrogens is 451 g/mol. The number of carbonyl (C=O) groups excluding carboxylic acids is 1. The van der Waals surface area contributed by atoms with E-state index in [0.717, 1.165) is 6.07 Å². The van der Waals surface area contributed by atoms with E-state index in [4.69, 9.17) is 4.42 Å². The van der Waals surface area contributed by atoms with E-state index >= 15 is 0 Å². The zero-order chi connectivity index (χ0) is 23.8. The Balaban J connectivity index is 1.51. The summed E-state index contributed by atoms with van der Waals surface area (Å²) in [6, 6.07) is 12.8. The number of aliphatic hydroxyl groups is 1. The average Bonchev–Trinajstić information content (AvgIpc) is 3.46. The lowest BCUT2D eigenvalue weighted by molar-refractivity contribution is 0.0329. The van der Waals surface area contributed by atoms with Crippen molar-refractivity contribution in [3.05, 3.63) is 95.1 Å². The molecular formula is C23H16F3N5O3. The van der Waals surface area contributed by atoms with Gasteiger partial charge < -0.3 is 14.4 Å². The summed E-state index contributed by atoms with van der Waals surface area (Å²) in [5.41, 5.74) is 1.67. The van der Waals surface area contributed by atoms with E-state index in [1.54, 1.807) is 30.3 Å². The number of pyridine rings is 2. The highest BCUT2D eigenvalue weighted by Crippen LogP contribution is 2.39. The molecule has 5 rings (SSSR count). The molecule has 0 spiro atoms. The third-order valence-electron chi connectivity index (χ3n) is 5.48. The first-order chi connectivity index (χ1) is 16.4. The van der Waals surface area contributed by atoms with Gasteiger partial charge in [0.1, 0.15) is 12.1 Å². The van der Waals surface area contributed by atoms with Crippen LogP contribution in [0.5, 0.6) is 0 Å². The summed E-state index contributed by atoms with van der Waals surface area (Å²) in [6.07, 6.45) is -2.76. The van der Waals surface area contributed by atoms with Crippen molar-refractivity contribution >= 4 is 5.91 Å². The Hall–Kier alpha value is -4.12. The fourth-order valence-corrected chi connectivity index (χ4v) is 3.91. The molecule has 2 unspecified atom stereocenters. The van der Waals surface area contributed by atoms with E-state index in [1.165, 1.54) is 29.3 Å². The Labute approximate surface area is 190 Å². The average molecular weight is 467 g/mol. The Morgan fingerprint density at radius 3 is 2.56 bits per heavy atom. The maximum absolute atomic E-state index is 13.7. The first-order valence-electron chi connectivity index (χ1n) is 10.2. The van der Waals surface area contributed by atoms with Gasteiger partial charge in [-0.15, -0.1) is 10.2 Å². The van der Waals surface area contributed by atoms with Gasteiger partial charge in [-0.05, 0) is 42.0 Å². The molecule has 8 nitrogen and oxygen atoms in total. The molecule has 0 bridgehead atoms. The molecule has 4 heterocycles. The van der Waals surface area contributed by atoms with Crippen LogP contribution in [0.15, 0.2) is 65.2 Å². The van der Waals surface area contributed by atoms with Gasteiger partial charge in [0.05, 0.1) is 11.4 Å². The van der Waals surface area contributed by atoms with Crippen LogP contribution in [0.2, 0.25) is 0 Å². The molecule has 1 aromatic carbocycles. The lowest BCUT2D eigenvalue weighted by atomic mass is 10.0.